The van der Waals surface area contributed by atoms with Crippen LogP contribution in [0.25, 0.3) is 0 Å². The average Bonchev–Trinajstić information content (AvgIpc) is 2.22. The standard InChI is InChI=1S/C10H23N3O2/c1-3-6-13(4-2)7-5-12-8-9(11)10(14)15/h9,12H,3-8,11H2,1-2H3,(H,14,15). The van der Waals surface area contributed by atoms with Gasteiger partial charge in [0.15, 0.2) is 0 Å². The van der Waals surface area contributed by atoms with Gasteiger partial charge in [-0.3, -0.25) is 4.79 Å². The lowest BCUT2D eigenvalue weighted by molar-refractivity contribution is -0.138. The second kappa shape index (κ2) is 8.64. The second-order valence-electron chi connectivity index (χ2n) is 3.58. The van der Waals surface area contributed by atoms with E-state index in [1.165, 1.54) is 0 Å². The summed E-state index contributed by atoms with van der Waals surface area (Å²) in [7, 11) is 0. The number of carbonyl (C=O) groups is 1. The molecule has 0 radical (unpaired) electrons. The normalized spacial score (nSPS) is 13.1. The van der Waals surface area contributed by atoms with Crippen LogP contribution in [0.4, 0.5) is 0 Å². The summed E-state index contributed by atoms with van der Waals surface area (Å²) in [5.74, 6) is -0.955. The van der Waals surface area contributed by atoms with Crippen LogP contribution in [0.15, 0.2) is 0 Å². The van der Waals surface area contributed by atoms with E-state index in [4.69, 9.17) is 10.8 Å². The third-order valence-corrected chi connectivity index (χ3v) is 2.27. The number of rotatable bonds is 9. The zero-order valence-electron chi connectivity index (χ0n) is 9.70. The highest BCUT2D eigenvalue weighted by Gasteiger charge is 2.09. The number of likely N-dealkylation sites (N-methyl/N-ethyl adjacent to an activating group) is 1. The zero-order chi connectivity index (χ0) is 11.7. The molecular formula is C10H23N3O2. The van der Waals surface area contributed by atoms with Crippen molar-refractivity contribution in [2.75, 3.05) is 32.7 Å². The van der Waals surface area contributed by atoms with Gasteiger partial charge in [0.2, 0.25) is 0 Å². The molecule has 0 aromatic heterocycles. The number of nitrogens with two attached hydrogens (primary N) is 1. The average molecular weight is 217 g/mol. The first-order chi connectivity index (χ1) is 7.11. The Balaban J connectivity index is 3.47. The number of nitrogens with zero attached hydrogens (tertiary/aromatic N) is 1. The van der Waals surface area contributed by atoms with Crippen LogP contribution in [-0.2, 0) is 4.79 Å². The van der Waals surface area contributed by atoms with Crippen LogP contribution in [0.1, 0.15) is 20.3 Å². The Bertz CT molecular complexity index is 176. The molecule has 15 heavy (non-hydrogen) atoms. The van der Waals surface area contributed by atoms with Crippen molar-refractivity contribution in [1.29, 1.82) is 0 Å². The highest BCUT2D eigenvalue weighted by Crippen LogP contribution is 1.88. The molecule has 0 aliphatic carbocycles. The monoisotopic (exact) mass is 217 g/mol. The first kappa shape index (κ1) is 14.3. The molecule has 0 aliphatic heterocycles. The zero-order valence-corrected chi connectivity index (χ0v) is 9.70. The van der Waals surface area contributed by atoms with Crippen molar-refractivity contribution in [2.45, 2.75) is 26.3 Å². The van der Waals surface area contributed by atoms with E-state index < -0.39 is 12.0 Å². The summed E-state index contributed by atoms with van der Waals surface area (Å²) >= 11 is 0. The van der Waals surface area contributed by atoms with Gasteiger partial charge in [0.25, 0.3) is 0 Å². The van der Waals surface area contributed by atoms with Gasteiger partial charge < -0.3 is 21.1 Å². The van der Waals surface area contributed by atoms with E-state index in [0.29, 0.717) is 6.54 Å². The minimum absolute atomic E-state index is 0.332. The summed E-state index contributed by atoms with van der Waals surface area (Å²) in [6.45, 7) is 8.45. The van der Waals surface area contributed by atoms with Crippen molar-refractivity contribution < 1.29 is 9.90 Å². The quantitative estimate of drug-likeness (QED) is 0.463. The Kier molecular flexibility index (Phi) is 8.27. The molecule has 0 saturated carbocycles. The number of carboxylic acid groups (broad SMARTS) is 1. The summed E-state index contributed by atoms with van der Waals surface area (Å²) in [6.07, 6.45) is 1.14. The predicted molar refractivity (Wildman–Crippen MR) is 60.9 cm³/mol. The molecule has 0 rings (SSSR count). The Hall–Kier alpha value is -0.650. The Morgan fingerprint density at radius 2 is 2.13 bits per heavy atom. The van der Waals surface area contributed by atoms with Gasteiger partial charge in [-0.05, 0) is 19.5 Å². The third-order valence-electron chi connectivity index (χ3n) is 2.27. The van der Waals surface area contributed by atoms with E-state index in [2.05, 4.69) is 24.1 Å². The first-order valence-corrected chi connectivity index (χ1v) is 5.53. The van der Waals surface area contributed by atoms with Gasteiger partial charge in [0, 0.05) is 19.6 Å². The van der Waals surface area contributed by atoms with E-state index in [9.17, 15) is 4.79 Å². The molecule has 90 valence electrons. The van der Waals surface area contributed by atoms with E-state index in [1.54, 1.807) is 0 Å². The fraction of sp³-hybridized carbons (Fsp3) is 0.900. The molecule has 0 aromatic carbocycles. The van der Waals surface area contributed by atoms with Gasteiger partial charge in [0.05, 0.1) is 0 Å². The summed E-state index contributed by atoms with van der Waals surface area (Å²) in [4.78, 5) is 12.7. The lowest BCUT2D eigenvalue weighted by Gasteiger charge is -2.19. The fourth-order valence-electron chi connectivity index (χ4n) is 1.33. The molecule has 1 atom stereocenters. The Morgan fingerprint density at radius 3 is 2.60 bits per heavy atom. The van der Waals surface area contributed by atoms with Gasteiger partial charge >= 0.3 is 5.97 Å². The van der Waals surface area contributed by atoms with Crippen LogP contribution < -0.4 is 11.1 Å². The van der Waals surface area contributed by atoms with Crippen molar-refractivity contribution in [3.63, 3.8) is 0 Å². The van der Waals surface area contributed by atoms with Crippen LogP contribution in [-0.4, -0.2) is 54.7 Å². The van der Waals surface area contributed by atoms with Gasteiger partial charge in [-0.25, -0.2) is 0 Å². The first-order valence-electron chi connectivity index (χ1n) is 5.53. The molecule has 4 N–H and O–H groups in total. The molecule has 0 fully saturated rings. The molecule has 0 saturated heterocycles. The van der Waals surface area contributed by atoms with Crippen molar-refractivity contribution in [3.8, 4) is 0 Å². The van der Waals surface area contributed by atoms with E-state index in [-0.39, 0.29) is 0 Å². The van der Waals surface area contributed by atoms with Crippen LogP contribution in [0.3, 0.4) is 0 Å². The number of aliphatic carboxylic acids is 1. The van der Waals surface area contributed by atoms with Crippen LogP contribution in [0.5, 0.6) is 0 Å². The van der Waals surface area contributed by atoms with Crippen molar-refractivity contribution >= 4 is 5.97 Å². The maximum Gasteiger partial charge on any atom is 0.321 e. The topological polar surface area (TPSA) is 78.6 Å². The summed E-state index contributed by atoms with van der Waals surface area (Å²) < 4.78 is 0. The molecule has 0 amide bonds. The van der Waals surface area contributed by atoms with Crippen LogP contribution in [0, 0.1) is 0 Å². The number of nitrogens with one attached hydrogen (secondary N) is 1. The van der Waals surface area contributed by atoms with Gasteiger partial charge in [-0.2, -0.15) is 0 Å². The molecular weight excluding hydrogens is 194 g/mol. The van der Waals surface area contributed by atoms with Crippen LogP contribution >= 0.6 is 0 Å². The van der Waals surface area contributed by atoms with Gasteiger partial charge in [-0.1, -0.05) is 13.8 Å². The highest BCUT2D eigenvalue weighted by molar-refractivity contribution is 5.73. The minimum Gasteiger partial charge on any atom is -0.480 e. The summed E-state index contributed by atoms with van der Waals surface area (Å²) in [5.41, 5.74) is 5.35. The molecule has 0 aliphatic rings. The smallest absolute Gasteiger partial charge is 0.321 e. The lowest BCUT2D eigenvalue weighted by Crippen LogP contribution is -2.42. The Morgan fingerprint density at radius 1 is 1.47 bits per heavy atom. The van der Waals surface area contributed by atoms with Crippen molar-refractivity contribution in [2.24, 2.45) is 5.73 Å². The minimum atomic E-state index is -0.955. The third kappa shape index (κ3) is 7.30. The van der Waals surface area contributed by atoms with E-state index in [1.807, 2.05) is 0 Å². The largest absolute Gasteiger partial charge is 0.480 e. The molecule has 5 heteroatoms. The predicted octanol–water partition coefficient (Wildman–Crippen LogP) is -0.280. The summed E-state index contributed by atoms with van der Waals surface area (Å²) in [5, 5.41) is 11.6. The van der Waals surface area contributed by atoms with Crippen LogP contribution in [0.2, 0.25) is 0 Å². The molecule has 0 heterocycles. The SMILES string of the molecule is CCCN(CC)CCNCC(N)C(=O)O. The second-order valence-corrected chi connectivity index (χ2v) is 3.58. The molecule has 0 aromatic rings. The highest BCUT2D eigenvalue weighted by atomic mass is 16.4. The van der Waals surface area contributed by atoms with E-state index >= 15 is 0 Å². The molecule has 5 nitrogen and oxygen atoms in total. The molecule has 1 unspecified atom stereocenters. The number of carboxylic acids is 1. The van der Waals surface area contributed by atoms with E-state index in [0.717, 1.165) is 32.6 Å². The lowest BCUT2D eigenvalue weighted by atomic mass is 10.3. The number of hydrogen-bond acceptors (Lipinski definition) is 4. The van der Waals surface area contributed by atoms with Gasteiger partial charge in [0.1, 0.15) is 6.04 Å². The van der Waals surface area contributed by atoms with Crippen molar-refractivity contribution in [3.05, 3.63) is 0 Å². The molecule has 0 bridgehead atoms. The summed E-state index contributed by atoms with van der Waals surface area (Å²) in [6, 6.07) is -0.800. The maximum atomic E-state index is 10.4. The number of hydrogen-bond donors (Lipinski definition) is 3. The Labute approximate surface area is 91.6 Å². The molecule has 0 spiro atoms. The maximum absolute atomic E-state index is 10.4. The fourth-order valence-corrected chi connectivity index (χ4v) is 1.33. The van der Waals surface area contributed by atoms with Crippen molar-refractivity contribution in [1.82, 2.24) is 10.2 Å². The van der Waals surface area contributed by atoms with Gasteiger partial charge in [-0.15, -0.1) is 0 Å².